The van der Waals surface area contributed by atoms with Crippen LogP contribution >= 0.6 is 0 Å². The molecule has 7 nitrogen and oxygen atoms in total. The van der Waals surface area contributed by atoms with Crippen molar-refractivity contribution in [2.24, 2.45) is 0 Å². The molecule has 0 saturated carbocycles. The normalized spacial score (nSPS) is 11.6. The van der Waals surface area contributed by atoms with E-state index in [9.17, 15) is 22.9 Å². The van der Waals surface area contributed by atoms with Crippen molar-refractivity contribution >= 4 is 21.4 Å². The van der Waals surface area contributed by atoms with Crippen LogP contribution in [0.2, 0.25) is 0 Å². The van der Waals surface area contributed by atoms with Gasteiger partial charge in [0.05, 0.1) is 22.4 Å². The SMILES string of the molecule is CC(C)NCCS(=O)(=O)Nc1ccc([N+](=O)[O-])cc1F. The van der Waals surface area contributed by atoms with Crippen LogP contribution < -0.4 is 10.0 Å². The Morgan fingerprint density at radius 3 is 2.55 bits per heavy atom. The standard InChI is InChI=1S/C11H16FN3O4S/c1-8(2)13-5-6-20(18,19)14-11-4-3-9(15(16)17)7-10(11)12/h3-4,7-8,13-14H,5-6H2,1-2H3. The summed E-state index contributed by atoms with van der Waals surface area (Å²) in [5, 5.41) is 13.4. The molecule has 0 heterocycles. The van der Waals surface area contributed by atoms with Crippen LogP contribution in [-0.4, -0.2) is 31.7 Å². The zero-order valence-electron chi connectivity index (χ0n) is 11.1. The Bertz CT molecular complexity index is 589. The number of non-ortho nitro benzene ring substituents is 1. The summed E-state index contributed by atoms with van der Waals surface area (Å²) in [7, 11) is -3.71. The minimum Gasteiger partial charge on any atom is -0.313 e. The lowest BCUT2D eigenvalue weighted by molar-refractivity contribution is -0.385. The van der Waals surface area contributed by atoms with Gasteiger partial charge in [0.2, 0.25) is 10.0 Å². The molecule has 9 heteroatoms. The fraction of sp³-hybridized carbons (Fsp3) is 0.455. The molecule has 0 aliphatic carbocycles. The van der Waals surface area contributed by atoms with E-state index in [1.807, 2.05) is 13.8 Å². The zero-order valence-corrected chi connectivity index (χ0v) is 11.9. The Morgan fingerprint density at radius 1 is 1.40 bits per heavy atom. The molecule has 0 spiro atoms. The predicted molar refractivity (Wildman–Crippen MR) is 73.6 cm³/mol. The highest BCUT2D eigenvalue weighted by atomic mass is 32.2. The average molecular weight is 305 g/mol. The molecular formula is C11H16FN3O4S. The fourth-order valence-electron chi connectivity index (χ4n) is 1.40. The predicted octanol–water partition coefficient (Wildman–Crippen LogP) is 1.47. The third kappa shape index (κ3) is 5.10. The Labute approximate surface area is 116 Å². The second-order valence-corrected chi connectivity index (χ2v) is 6.29. The Hall–Kier alpha value is -1.74. The molecular weight excluding hydrogens is 289 g/mol. The van der Waals surface area contributed by atoms with Gasteiger partial charge in [0.15, 0.2) is 5.82 Å². The second-order valence-electron chi connectivity index (χ2n) is 4.45. The van der Waals surface area contributed by atoms with Crippen LogP contribution in [0, 0.1) is 15.9 Å². The number of nitrogens with one attached hydrogen (secondary N) is 2. The highest BCUT2D eigenvalue weighted by Crippen LogP contribution is 2.21. The average Bonchev–Trinajstić information content (AvgIpc) is 2.30. The Balaban J connectivity index is 2.75. The lowest BCUT2D eigenvalue weighted by atomic mass is 10.3. The van der Waals surface area contributed by atoms with Crippen molar-refractivity contribution in [1.82, 2.24) is 5.32 Å². The molecule has 2 N–H and O–H groups in total. The monoisotopic (exact) mass is 305 g/mol. The van der Waals surface area contributed by atoms with Gasteiger partial charge in [-0.3, -0.25) is 14.8 Å². The zero-order chi connectivity index (χ0) is 15.3. The van der Waals surface area contributed by atoms with Gasteiger partial charge < -0.3 is 5.32 Å². The molecule has 0 unspecified atom stereocenters. The molecule has 1 aromatic rings. The van der Waals surface area contributed by atoms with Crippen molar-refractivity contribution in [2.45, 2.75) is 19.9 Å². The van der Waals surface area contributed by atoms with E-state index in [0.29, 0.717) is 6.07 Å². The molecule has 1 rings (SSSR count). The Morgan fingerprint density at radius 2 is 2.05 bits per heavy atom. The van der Waals surface area contributed by atoms with E-state index in [1.54, 1.807) is 0 Å². The van der Waals surface area contributed by atoms with Gasteiger partial charge in [-0.1, -0.05) is 13.8 Å². The van der Waals surface area contributed by atoms with E-state index in [4.69, 9.17) is 0 Å². The second kappa shape index (κ2) is 6.62. The summed E-state index contributed by atoms with van der Waals surface area (Å²) in [5.41, 5.74) is -0.743. The molecule has 1 aromatic carbocycles. The van der Waals surface area contributed by atoms with Crippen LogP contribution in [0.25, 0.3) is 0 Å². The molecule has 0 bridgehead atoms. The number of anilines is 1. The number of rotatable bonds is 7. The maximum atomic E-state index is 13.5. The number of nitrogens with zero attached hydrogens (tertiary/aromatic N) is 1. The van der Waals surface area contributed by atoms with Crippen LogP contribution in [0.5, 0.6) is 0 Å². The van der Waals surface area contributed by atoms with Gasteiger partial charge >= 0.3 is 0 Å². The van der Waals surface area contributed by atoms with Gasteiger partial charge in [-0.25, -0.2) is 12.8 Å². The molecule has 0 aliphatic heterocycles. The highest BCUT2D eigenvalue weighted by molar-refractivity contribution is 7.92. The lowest BCUT2D eigenvalue weighted by Crippen LogP contribution is -2.31. The van der Waals surface area contributed by atoms with Gasteiger partial charge in [-0.2, -0.15) is 0 Å². The van der Waals surface area contributed by atoms with Crippen molar-refractivity contribution in [3.63, 3.8) is 0 Å². The fourth-order valence-corrected chi connectivity index (χ4v) is 2.39. The van der Waals surface area contributed by atoms with Gasteiger partial charge in [0.1, 0.15) is 0 Å². The molecule has 20 heavy (non-hydrogen) atoms. The third-order valence-corrected chi connectivity index (χ3v) is 3.62. The van der Waals surface area contributed by atoms with Crippen LogP contribution in [0.3, 0.4) is 0 Å². The van der Waals surface area contributed by atoms with Gasteiger partial charge in [0, 0.05) is 18.7 Å². The van der Waals surface area contributed by atoms with Crippen LogP contribution in [0.4, 0.5) is 15.8 Å². The number of sulfonamides is 1. The molecule has 112 valence electrons. The molecule has 0 amide bonds. The van der Waals surface area contributed by atoms with Crippen LogP contribution in [0.1, 0.15) is 13.8 Å². The molecule has 0 saturated heterocycles. The summed E-state index contributed by atoms with van der Waals surface area (Å²) < 4.78 is 39.0. The summed E-state index contributed by atoms with van der Waals surface area (Å²) in [4.78, 5) is 9.69. The van der Waals surface area contributed by atoms with Gasteiger partial charge in [-0.05, 0) is 6.07 Å². The largest absolute Gasteiger partial charge is 0.313 e. The quantitative estimate of drug-likeness (QED) is 0.587. The maximum Gasteiger partial charge on any atom is 0.272 e. The summed E-state index contributed by atoms with van der Waals surface area (Å²) >= 11 is 0. The van der Waals surface area contributed by atoms with E-state index in [1.165, 1.54) is 0 Å². The minimum absolute atomic E-state index is 0.140. The maximum absolute atomic E-state index is 13.5. The minimum atomic E-state index is -3.71. The smallest absolute Gasteiger partial charge is 0.272 e. The summed E-state index contributed by atoms with van der Waals surface area (Å²) in [6.07, 6.45) is 0. The number of hydrogen-bond acceptors (Lipinski definition) is 5. The topological polar surface area (TPSA) is 101 Å². The summed E-state index contributed by atoms with van der Waals surface area (Å²) in [6.45, 7) is 3.97. The van der Waals surface area contributed by atoms with E-state index < -0.39 is 26.5 Å². The van der Waals surface area contributed by atoms with Crippen molar-refractivity contribution in [1.29, 1.82) is 0 Å². The first kappa shape index (κ1) is 16.3. The van der Waals surface area contributed by atoms with Crippen molar-refractivity contribution < 1.29 is 17.7 Å². The first-order valence-electron chi connectivity index (χ1n) is 5.89. The summed E-state index contributed by atoms with van der Waals surface area (Å²) in [6, 6.07) is 2.87. The molecule has 0 atom stereocenters. The molecule has 0 radical (unpaired) electrons. The Kier molecular flexibility index (Phi) is 5.40. The number of hydrogen-bond donors (Lipinski definition) is 2. The number of halogens is 1. The first-order valence-corrected chi connectivity index (χ1v) is 7.54. The third-order valence-electron chi connectivity index (χ3n) is 2.35. The first-order chi connectivity index (χ1) is 9.21. The lowest BCUT2D eigenvalue weighted by Gasteiger charge is -2.11. The molecule has 0 aromatic heterocycles. The van der Waals surface area contributed by atoms with E-state index in [-0.39, 0.29) is 24.0 Å². The van der Waals surface area contributed by atoms with E-state index in [2.05, 4.69) is 10.0 Å². The van der Waals surface area contributed by atoms with Crippen LogP contribution in [0.15, 0.2) is 18.2 Å². The number of nitro benzene ring substituents is 1. The summed E-state index contributed by atoms with van der Waals surface area (Å²) in [5.74, 6) is -1.21. The van der Waals surface area contributed by atoms with Crippen molar-refractivity contribution in [2.75, 3.05) is 17.0 Å². The van der Waals surface area contributed by atoms with Gasteiger partial charge in [-0.15, -0.1) is 0 Å². The molecule has 0 aliphatic rings. The highest BCUT2D eigenvalue weighted by Gasteiger charge is 2.16. The number of benzene rings is 1. The van der Waals surface area contributed by atoms with Crippen molar-refractivity contribution in [3.8, 4) is 0 Å². The van der Waals surface area contributed by atoms with Crippen LogP contribution in [-0.2, 0) is 10.0 Å². The van der Waals surface area contributed by atoms with Crippen molar-refractivity contribution in [3.05, 3.63) is 34.1 Å². The van der Waals surface area contributed by atoms with E-state index >= 15 is 0 Å². The number of nitro groups is 1. The van der Waals surface area contributed by atoms with E-state index in [0.717, 1.165) is 12.1 Å². The van der Waals surface area contributed by atoms with Gasteiger partial charge in [0.25, 0.3) is 5.69 Å². The molecule has 0 fully saturated rings.